The number of nitrogens with zero attached hydrogens (tertiary/aromatic N) is 1. The number of rotatable bonds is 4. The highest BCUT2D eigenvalue weighted by Crippen LogP contribution is 2.33. The van der Waals surface area contributed by atoms with E-state index in [2.05, 4.69) is 21.4 Å². The lowest BCUT2D eigenvalue weighted by atomic mass is 9.94. The zero-order valence-corrected chi connectivity index (χ0v) is 14.0. The van der Waals surface area contributed by atoms with E-state index in [4.69, 9.17) is 0 Å². The monoisotopic (exact) mass is 378 g/mol. The number of amides is 1. The van der Waals surface area contributed by atoms with Gasteiger partial charge in [-0.05, 0) is 38.3 Å². The van der Waals surface area contributed by atoms with Crippen molar-refractivity contribution in [3.63, 3.8) is 0 Å². The van der Waals surface area contributed by atoms with Gasteiger partial charge < -0.3 is 0 Å². The van der Waals surface area contributed by atoms with Crippen molar-refractivity contribution in [2.75, 3.05) is 6.54 Å². The third kappa shape index (κ3) is 3.81. The van der Waals surface area contributed by atoms with Gasteiger partial charge in [0, 0.05) is 11.0 Å². The molecule has 1 aliphatic rings. The van der Waals surface area contributed by atoms with Crippen molar-refractivity contribution in [1.29, 1.82) is 0 Å². The van der Waals surface area contributed by atoms with Crippen molar-refractivity contribution in [3.05, 3.63) is 34.3 Å². The second-order valence-electron chi connectivity index (χ2n) is 6.14. The van der Waals surface area contributed by atoms with Gasteiger partial charge in [0.15, 0.2) is 0 Å². The maximum absolute atomic E-state index is 13.3. The Kier molecular flexibility index (Phi) is 4.87. The Morgan fingerprint density at radius 2 is 2.00 bits per heavy atom. The number of alkyl halides is 3. The molecule has 7 heteroatoms. The number of halogens is 4. The molecule has 22 heavy (non-hydrogen) atoms. The van der Waals surface area contributed by atoms with Gasteiger partial charge in [0.1, 0.15) is 6.04 Å². The van der Waals surface area contributed by atoms with Crippen LogP contribution in [0.5, 0.6) is 0 Å². The smallest absolute Gasteiger partial charge is 0.288 e. The molecule has 1 aliphatic heterocycles. The first-order chi connectivity index (χ1) is 10.1. The van der Waals surface area contributed by atoms with E-state index in [1.807, 2.05) is 6.07 Å². The van der Waals surface area contributed by atoms with Crippen molar-refractivity contribution >= 4 is 21.8 Å². The Bertz CT molecular complexity index is 560. The highest BCUT2D eigenvalue weighted by Gasteiger charge is 2.49. The summed E-state index contributed by atoms with van der Waals surface area (Å²) < 4.78 is 40.8. The average molecular weight is 379 g/mol. The summed E-state index contributed by atoms with van der Waals surface area (Å²) in [7, 11) is 0. The minimum absolute atomic E-state index is 0.0476. The van der Waals surface area contributed by atoms with Crippen LogP contribution in [0.2, 0.25) is 0 Å². The second-order valence-corrected chi connectivity index (χ2v) is 6.99. The van der Waals surface area contributed by atoms with E-state index >= 15 is 0 Å². The van der Waals surface area contributed by atoms with Crippen LogP contribution < -0.4 is 5.43 Å². The molecule has 1 fully saturated rings. The summed E-state index contributed by atoms with van der Waals surface area (Å²) in [6, 6.07) is 5.52. The molecule has 1 saturated heterocycles. The molecule has 0 saturated carbocycles. The molecule has 1 aromatic carbocycles. The normalized spacial score (nSPS) is 20.0. The lowest BCUT2D eigenvalue weighted by Crippen LogP contribution is -2.50. The maximum atomic E-state index is 13.3. The quantitative estimate of drug-likeness (QED) is 0.866. The first-order valence-electron chi connectivity index (χ1n) is 6.99. The van der Waals surface area contributed by atoms with Crippen molar-refractivity contribution in [3.8, 4) is 0 Å². The summed E-state index contributed by atoms with van der Waals surface area (Å²) in [5.41, 5.74) is 2.38. The van der Waals surface area contributed by atoms with Gasteiger partial charge in [-0.2, -0.15) is 13.2 Å². The Hall–Kier alpha value is -1.08. The minimum atomic E-state index is -4.39. The molecule has 0 aromatic heterocycles. The van der Waals surface area contributed by atoms with Crippen LogP contribution in [0.25, 0.3) is 0 Å². The maximum Gasteiger partial charge on any atom is 0.405 e. The third-order valence-electron chi connectivity index (χ3n) is 3.82. The largest absolute Gasteiger partial charge is 0.405 e. The van der Waals surface area contributed by atoms with Crippen LogP contribution in [0.15, 0.2) is 28.7 Å². The van der Waals surface area contributed by atoms with Crippen LogP contribution in [-0.4, -0.2) is 29.7 Å². The molecule has 0 bridgehead atoms. The number of benzene rings is 1. The highest BCUT2D eigenvalue weighted by molar-refractivity contribution is 9.10. The van der Waals surface area contributed by atoms with Crippen molar-refractivity contribution in [2.24, 2.45) is 5.41 Å². The van der Waals surface area contributed by atoms with Gasteiger partial charge in [-0.25, -0.2) is 5.01 Å². The predicted octanol–water partition coefficient (Wildman–Crippen LogP) is 3.69. The predicted molar refractivity (Wildman–Crippen MR) is 80.9 cm³/mol. The average Bonchev–Trinajstić information content (AvgIpc) is 2.64. The molecule has 0 spiro atoms. The molecule has 1 amide bonds. The molecule has 122 valence electrons. The van der Waals surface area contributed by atoms with Crippen LogP contribution in [0.1, 0.15) is 25.8 Å². The summed E-state index contributed by atoms with van der Waals surface area (Å²) >= 11 is 3.34. The Morgan fingerprint density at radius 1 is 1.36 bits per heavy atom. The van der Waals surface area contributed by atoms with Crippen molar-refractivity contribution in [2.45, 2.75) is 38.9 Å². The molecule has 1 N–H and O–H groups in total. The van der Waals surface area contributed by atoms with Crippen LogP contribution in [-0.2, 0) is 11.2 Å². The molecule has 0 radical (unpaired) electrons. The van der Waals surface area contributed by atoms with Gasteiger partial charge in [-0.1, -0.05) is 34.1 Å². The fraction of sp³-hybridized carbons (Fsp3) is 0.533. The first-order valence-corrected chi connectivity index (χ1v) is 7.78. The van der Waals surface area contributed by atoms with Crippen LogP contribution >= 0.6 is 15.9 Å². The van der Waals surface area contributed by atoms with Crippen LogP contribution in [0, 0.1) is 5.41 Å². The topological polar surface area (TPSA) is 32.3 Å². The number of carbonyl (C=O) groups excluding carboxylic acids is 1. The third-order valence-corrected chi connectivity index (χ3v) is 4.60. The number of carbonyl (C=O) groups is 1. The highest BCUT2D eigenvalue weighted by atomic mass is 79.9. The van der Waals surface area contributed by atoms with E-state index in [9.17, 15) is 18.0 Å². The fourth-order valence-corrected chi connectivity index (χ4v) is 2.98. The van der Waals surface area contributed by atoms with E-state index in [0.29, 0.717) is 0 Å². The van der Waals surface area contributed by atoms with E-state index in [-0.39, 0.29) is 25.3 Å². The van der Waals surface area contributed by atoms with Gasteiger partial charge in [0.2, 0.25) is 5.91 Å². The number of nitrogens with one attached hydrogen (secondary N) is 1. The van der Waals surface area contributed by atoms with E-state index < -0.39 is 17.6 Å². The standard InChI is InChI=1S/C15H18BrF3N2O/c1-14(2)9-21(20-13(14)22)12(15(17,18)19)8-7-10-5-3-4-6-11(10)16/h3-6,12H,7-9H2,1-2H3,(H,20,22)/t12-/m0/s1. The number of hydrogen-bond donors (Lipinski definition) is 1. The molecule has 0 aliphatic carbocycles. The number of hydrogen-bond acceptors (Lipinski definition) is 2. The lowest BCUT2D eigenvalue weighted by molar-refractivity contribution is -0.190. The Balaban J connectivity index is 2.12. The first kappa shape index (κ1) is 17.3. The van der Waals surface area contributed by atoms with Crippen LogP contribution in [0.4, 0.5) is 13.2 Å². The number of aryl methyl sites for hydroxylation is 1. The molecule has 1 aromatic rings. The lowest BCUT2D eigenvalue weighted by Gasteiger charge is -2.29. The van der Waals surface area contributed by atoms with E-state index in [0.717, 1.165) is 15.0 Å². The summed E-state index contributed by atoms with van der Waals surface area (Å²) in [6.07, 6.45) is -4.23. The van der Waals surface area contributed by atoms with Gasteiger partial charge in [0.05, 0.1) is 5.41 Å². The molecular weight excluding hydrogens is 361 g/mol. The van der Waals surface area contributed by atoms with Gasteiger partial charge >= 0.3 is 6.18 Å². The molecular formula is C15H18BrF3N2O. The van der Waals surface area contributed by atoms with Gasteiger partial charge in [-0.15, -0.1) is 0 Å². The van der Waals surface area contributed by atoms with Gasteiger partial charge in [-0.3, -0.25) is 10.2 Å². The summed E-state index contributed by atoms with van der Waals surface area (Å²) in [5, 5.41) is 1.03. The fourth-order valence-electron chi connectivity index (χ4n) is 2.50. The Labute approximate surface area is 136 Å². The van der Waals surface area contributed by atoms with Crippen molar-refractivity contribution < 1.29 is 18.0 Å². The molecule has 3 nitrogen and oxygen atoms in total. The second kappa shape index (κ2) is 6.20. The summed E-state index contributed by atoms with van der Waals surface area (Å²) in [6.45, 7) is 3.33. The SMILES string of the molecule is CC1(C)CN([C@@H](CCc2ccccc2Br)C(F)(F)F)NC1=O. The zero-order valence-electron chi connectivity index (χ0n) is 12.4. The van der Waals surface area contributed by atoms with E-state index in [1.54, 1.807) is 32.0 Å². The summed E-state index contributed by atoms with van der Waals surface area (Å²) in [5.74, 6) is -0.373. The Morgan fingerprint density at radius 3 is 2.50 bits per heavy atom. The number of hydrazine groups is 1. The van der Waals surface area contributed by atoms with Gasteiger partial charge in [0.25, 0.3) is 0 Å². The van der Waals surface area contributed by atoms with E-state index in [1.165, 1.54) is 0 Å². The summed E-state index contributed by atoms with van der Waals surface area (Å²) in [4.78, 5) is 11.7. The van der Waals surface area contributed by atoms with Crippen molar-refractivity contribution in [1.82, 2.24) is 10.4 Å². The molecule has 2 rings (SSSR count). The minimum Gasteiger partial charge on any atom is -0.288 e. The zero-order chi connectivity index (χ0) is 16.5. The molecule has 1 atom stereocenters. The van der Waals surface area contributed by atoms with Crippen LogP contribution in [0.3, 0.4) is 0 Å². The molecule has 1 heterocycles. The molecule has 0 unspecified atom stereocenters.